The van der Waals surface area contributed by atoms with Gasteiger partial charge in [0.2, 0.25) is 0 Å². The molecular weight excluding hydrogens is 284 g/mol. The molecule has 0 aromatic heterocycles. The summed E-state index contributed by atoms with van der Waals surface area (Å²) in [6.45, 7) is 2.16. The van der Waals surface area contributed by atoms with Crippen LogP contribution < -0.4 is 0 Å². The lowest BCUT2D eigenvalue weighted by molar-refractivity contribution is 0.473. The van der Waals surface area contributed by atoms with E-state index < -0.39 is 0 Å². The molecule has 0 fully saturated rings. The lowest BCUT2D eigenvalue weighted by Gasteiger charge is -2.35. The Morgan fingerprint density at radius 3 is 1.39 bits per heavy atom. The van der Waals surface area contributed by atoms with Crippen LogP contribution in [0.2, 0.25) is 0 Å². The van der Waals surface area contributed by atoms with Crippen molar-refractivity contribution in [3.63, 3.8) is 0 Å². The lowest BCUT2D eigenvalue weighted by Crippen LogP contribution is -2.28. The summed E-state index contributed by atoms with van der Waals surface area (Å²) in [7, 11) is 0. The molecule has 0 aliphatic heterocycles. The third-order valence-corrected chi connectivity index (χ3v) is 4.52. The molecule has 2 N–H and O–H groups in total. The minimum Gasteiger partial charge on any atom is -0.508 e. The fourth-order valence-electron chi connectivity index (χ4n) is 3.33. The number of hydrogen-bond donors (Lipinski definition) is 2. The normalized spacial score (nSPS) is 11.3. The molecule has 0 atom stereocenters. The summed E-state index contributed by atoms with van der Waals surface area (Å²) >= 11 is 0. The van der Waals surface area contributed by atoms with E-state index in [0.29, 0.717) is 0 Å². The first-order valence-electron chi connectivity index (χ1n) is 7.81. The summed E-state index contributed by atoms with van der Waals surface area (Å²) < 4.78 is 0. The molecule has 3 aromatic carbocycles. The molecule has 3 rings (SSSR count). The monoisotopic (exact) mass is 304 g/mol. The van der Waals surface area contributed by atoms with E-state index in [1.165, 1.54) is 5.56 Å². The van der Waals surface area contributed by atoms with Crippen LogP contribution in [0.25, 0.3) is 0 Å². The molecule has 0 saturated heterocycles. The molecule has 23 heavy (non-hydrogen) atoms. The summed E-state index contributed by atoms with van der Waals surface area (Å²) in [6, 6.07) is 25.1. The van der Waals surface area contributed by atoms with Gasteiger partial charge in [-0.1, -0.05) is 61.5 Å². The molecule has 0 saturated carbocycles. The molecule has 116 valence electrons. The van der Waals surface area contributed by atoms with Crippen molar-refractivity contribution in [2.75, 3.05) is 0 Å². The predicted molar refractivity (Wildman–Crippen MR) is 92.8 cm³/mol. The van der Waals surface area contributed by atoms with E-state index in [9.17, 15) is 10.2 Å². The summed E-state index contributed by atoms with van der Waals surface area (Å²) in [5, 5.41) is 19.3. The van der Waals surface area contributed by atoms with E-state index in [2.05, 4.69) is 19.1 Å². The number of hydrogen-bond acceptors (Lipinski definition) is 2. The van der Waals surface area contributed by atoms with Gasteiger partial charge in [0.05, 0.1) is 0 Å². The van der Waals surface area contributed by atoms with Crippen molar-refractivity contribution >= 4 is 0 Å². The van der Waals surface area contributed by atoms with Crippen LogP contribution in [0.3, 0.4) is 0 Å². The Hall–Kier alpha value is -2.74. The van der Waals surface area contributed by atoms with Crippen molar-refractivity contribution in [3.8, 4) is 11.5 Å². The Bertz CT molecular complexity index is 714. The third kappa shape index (κ3) is 2.68. The van der Waals surface area contributed by atoms with Gasteiger partial charge in [0.1, 0.15) is 11.5 Å². The Labute approximate surface area is 136 Å². The highest BCUT2D eigenvalue weighted by Gasteiger charge is 2.34. The zero-order valence-electron chi connectivity index (χ0n) is 13.1. The molecule has 0 bridgehead atoms. The maximum Gasteiger partial charge on any atom is 0.115 e. The molecule has 0 spiro atoms. The van der Waals surface area contributed by atoms with E-state index in [1.807, 2.05) is 42.5 Å². The smallest absolute Gasteiger partial charge is 0.115 e. The van der Waals surface area contributed by atoms with Crippen LogP contribution in [0.4, 0.5) is 0 Å². The molecule has 2 heteroatoms. The van der Waals surface area contributed by atoms with Crippen molar-refractivity contribution in [2.24, 2.45) is 0 Å². The SMILES string of the molecule is CCC(c1ccccc1)(c1ccc(O)cc1)c1ccc(O)cc1. The molecule has 0 unspecified atom stereocenters. The summed E-state index contributed by atoms with van der Waals surface area (Å²) in [5.41, 5.74) is 3.12. The zero-order valence-corrected chi connectivity index (χ0v) is 13.1. The zero-order chi connectivity index (χ0) is 16.3. The standard InChI is InChI=1S/C21H20O2/c1-2-21(16-6-4-3-5-7-16,17-8-12-19(22)13-9-17)18-10-14-20(23)15-11-18/h3-15,22-23H,2H2,1H3. The van der Waals surface area contributed by atoms with E-state index in [4.69, 9.17) is 0 Å². The minimum absolute atomic E-state index is 0.262. The number of benzene rings is 3. The van der Waals surface area contributed by atoms with Gasteiger partial charge in [-0.15, -0.1) is 0 Å². The van der Waals surface area contributed by atoms with Crippen molar-refractivity contribution in [1.82, 2.24) is 0 Å². The van der Waals surface area contributed by atoms with Crippen molar-refractivity contribution < 1.29 is 10.2 Å². The Morgan fingerprint density at radius 2 is 1.00 bits per heavy atom. The molecule has 2 nitrogen and oxygen atoms in total. The third-order valence-electron chi connectivity index (χ3n) is 4.52. The van der Waals surface area contributed by atoms with E-state index in [-0.39, 0.29) is 16.9 Å². The number of phenols is 2. The van der Waals surface area contributed by atoms with E-state index in [0.717, 1.165) is 17.5 Å². The van der Waals surface area contributed by atoms with Crippen molar-refractivity contribution in [3.05, 3.63) is 95.6 Å². The van der Waals surface area contributed by atoms with Crippen LogP contribution in [0.5, 0.6) is 11.5 Å². The average molecular weight is 304 g/mol. The molecule has 0 heterocycles. The summed E-state index contributed by atoms with van der Waals surface area (Å²) in [5.74, 6) is 0.523. The summed E-state index contributed by atoms with van der Waals surface area (Å²) in [4.78, 5) is 0. The second kappa shape index (κ2) is 6.17. The lowest BCUT2D eigenvalue weighted by atomic mass is 9.68. The van der Waals surface area contributed by atoms with Gasteiger partial charge >= 0.3 is 0 Å². The highest BCUT2D eigenvalue weighted by molar-refractivity contribution is 5.51. The Balaban J connectivity index is 2.27. The van der Waals surface area contributed by atoms with Gasteiger partial charge in [0.25, 0.3) is 0 Å². The summed E-state index contributed by atoms with van der Waals surface area (Å²) in [6.07, 6.45) is 0.868. The molecule has 0 aliphatic carbocycles. The maximum atomic E-state index is 9.64. The van der Waals surface area contributed by atoms with E-state index in [1.54, 1.807) is 24.3 Å². The van der Waals surface area contributed by atoms with Crippen LogP contribution in [-0.4, -0.2) is 10.2 Å². The second-order valence-electron chi connectivity index (χ2n) is 5.72. The van der Waals surface area contributed by atoms with Gasteiger partial charge in [-0.25, -0.2) is 0 Å². The van der Waals surface area contributed by atoms with Gasteiger partial charge in [-0.2, -0.15) is 0 Å². The topological polar surface area (TPSA) is 40.5 Å². The Morgan fingerprint density at radius 1 is 0.609 bits per heavy atom. The molecule has 0 radical (unpaired) electrons. The fraction of sp³-hybridized carbons (Fsp3) is 0.143. The first-order valence-corrected chi connectivity index (χ1v) is 7.81. The average Bonchev–Trinajstić information content (AvgIpc) is 2.60. The second-order valence-corrected chi connectivity index (χ2v) is 5.72. The van der Waals surface area contributed by atoms with Crippen LogP contribution in [-0.2, 0) is 5.41 Å². The van der Waals surface area contributed by atoms with Crippen LogP contribution in [0, 0.1) is 0 Å². The van der Waals surface area contributed by atoms with Crippen LogP contribution in [0.1, 0.15) is 30.0 Å². The van der Waals surface area contributed by atoms with Gasteiger partial charge in [-0.3, -0.25) is 0 Å². The predicted octanol–water partition coefficient (Wildman–Crippen LogP) is 4.84. The first kappa shape index (κ1) is 15.2. The van der Waals surface area contributed by atoms with Crippen molar-refractivity contribution in [2.45, 2.75) is 18.8 Å². The molecule has 3 aromatic rings. The Kier molecular flexibility index (Phi) is 4.07. The van der Waals surface area contributed by atoms with Crippen LogP contribution in [0.15, 0.2) is 78.9 Å². The van der Waals surface area contributed by atoms with Crippen LogP contribution >= 0.6 is 0 Å². The maximum absolute atomic E-state index is 9.64. The van der Waals surface area contributed by atoms with Gasteiger partial charge in [0, 0.05) is 5.41 Å². The fourth-order valence-corrected chi connectivity index (χ4v) is 3.33. The van der Waals surface area contributed by atoms with Gasteiger partial charge in [-0.05, 0) is 47.4 Å². The van der Waals surface area contributed by atoms with Gasteiger partial charge in [0.15, 0.2) is 0 Å². The highest BCUT2D eigenvalue weighted by Crippen LogP contribution is 2.42. The van der Waals surface area contributed by atoms with Gasteiger partial charge < -0.3 is 10.2 Å². The largest absolute Gasteiger partial charge is 0.508 e. The van der Waals surface area contributed by atoms with E-state index >= 15 is 0 Å². The molecule has 0 aliphatic rings. The number of phenolic OH excluding ortho intramolecular Hbond substituents is 2. The minimum atomic E-state index is -0.317. The molecular formula is C21H20O2. The highest BCUT2D eigenvalue weighted by atomic mass is 16.3. The first-order chi connectivity index (χ1) is 11.2. The van der Waals surface area contributed by atoms with Crippen molar-refractivity contribution in [1.29, 1.82) is 0 Å². The number of rotatable bonds is 4. The quantitative estimate of drug-likeness (QED) is 0.677. The number of aromatic hydroxyl groups is 2. The molecule has 0 amide bonds.